The number of hydrogen-bond acceptors (Lipinski definition) is 4. The number of nitrogens with one attached hydrogen (secondary N) is 1. The zero-order valence-electron chi connectivity index (χ0n) is 16.3. The Balaban J connectivity index is 1.70. The summed E-state index contributed by atoms with van der Waals surface area (Å²) in [5, 5.41) is 3.98. The number of anilines is 1. The van der Waals surface area contributed by atoms with Crippen molar-refractivity contribution in [3.8, 4) is 17.2 Å². The Bertz CT molecular complexity index is 926. The van der Waals surface area contributed by atoms with E-state index in [2.05, 4.69) is 24.4 Å². The number of halogens is 1. The van der Waals surface area contributed by atoms with E-state index in [9.17, 15) is 0 Å². The van der Waals surface area contributed by atoms with Gasteiger partial charge < -0.3 is 19.5 Å². The van der Waals surface area contributed by atoms with Crippen LogP contribution in [-0.4, -0.2) is 14.2 Å². The Labute approximate surface area is 171 Å². The van der Waals surface area contributed by atoms with E-state index in [-0.39, 0.29) is 0 Å². The van der Waals surface area contributed by atoms with Gasteiger partial charge in [0.1, 0.15) is 12.4 Å². The maximum Gasteiger partial charge on any atom is 0.163 e. The SMILES string of the molecule is COc1ccc(NCc2cc(OC)c(OCc3ccccc3C)cc2Cl)cc1. The fourth-order valence-corrected chi connectivity index (χ4v) is 3.04. The highest BCUT2D eigenvalue weighted by Crippen LogP contribution is 2.34. The lowest BCUT2D eigenvalue weighted by atomic mass is 10.1. The molecular weight excluding hydrogens is 374 g/mol. The lowest BCUT2D eigenvalue weighted by Crippen LogP contribution is -2.03. The Kier molecular flexibility index (Phi) is 6.66. The molecule has 0 aromatic heterocycles. The van der Waals surface area contributed by atoms with Gasteiger partial charge in [0.15, 0.2) is 11.5 Å². The van der Waals surface area contributed by atoms with E-state index in [4.69, 9.17) is 25.8 Å². The van der Waals surface area contributed by atoms with Crippen LogP contribution in [0.2, 0.25) is 5.02 Å². The van der Waals surface area contributed by atoms with Crippen molar-refractivity contribution in [3.05, 3.63) is 82.4 Å². The molecule has 0 atom stereocenters. The van der Waals surface area contributed by atoms with E-state index in [1.54, 1.807) is 14.2 Å². The van der Waals surface area contributed by atoms with Crippen molar-refractivity contribution >= 4 is 17.3 Å². The largest absolute Gasteiger partial charge is 0.497 e. The monoisotopic (exact) mass is 397 g/mol. The van der Waals surface area contributed by atoms with E-state index < -0.39 is 0 Å². The lowest BCUT2D eigenvalue weighted by molar-refractivity contribution is 0.284. The number of benzene rings is 3. The summed E-state index contributed by atoms with van der Waals surface area (Å²) in [5.41, 5.74) is 4.23. The van der Waals surface area contributed by atoms with Gasteiger partial charge in [-0.05, 0) is 53.9 Å². The van der Waals surface area contributed by atoms with Gasteiger partial charge in [0.25, 0.3) is 0 Å². The molecule has 0 bridgehead atoms. The van der Waals surface area contributed by atoms with Gasteiger partial charge in [0.05, 0.1) is 14.2 Å². The predicted molar refractivity (Wildman–Crippen MR) is 114 cm³/mol. The minimum atomic E-state index is 0.461. The number of methoxy groups -OCH3 is 2. The van der Waals surface area contributed by atoms with E-state index in [1.165, 1.54) is 5.56 Å². The van der Waals surface area contributed by atoms with E-state index in [0.717, 1.165) is 22.6 Å². The molecule has 0 radical (unpaired) electrons. The molecule has 0 spiro atoms. The summed E-state index contributed by atoms with van der Waals surface area (Å²) in [6, 6.07) is 19.6. The summed E-state index contributed by atoms with van der Waals surface area (Å²) in [6.45, 7) is 3.10. The van der Waals surface area contributed by atoms with Crippen LogP contribution in [0.1, 0.15) is 16.7 Å². The van der Waals surface area contributed by atoms with E-state index in [0.29, 0.717) is 29.7 Å². The summed E-state index contributed by atoms with van der Waals surface area (Å²) in [7, 11) is 3.28. The zero-order valence-corrected chi connectivity index (χ0v) is 17.0. The van der Waals surface area contributed by atoms with Crippen molar-refractivity contribution in [2.24, 2.45) is 0 Å². The number of aryl methyl sites for hydroxylation is 1. The van der Waals surface area contributed by atoms with Crippen molar-refractivity contribution in [1.29, 1.82) is 0 Å². The quantitative estimate of drug-likeness (QED) is 0.517. The summed E-state index contributed by atoms with van der Waals surface area (Å²) >= 11 is 6.49. The zero-order chi connectivity index (χ0) is 19.9. The Morgan fingerprint density at radius 1 is 0.857 bits per heavy atom. The van der Waals surface area contributed by atoms with Crippen LogP contribution >= 0.6 is 11.6 Å². The Morgan fingerprint density at radius 2 is 1.61 bits per heavy atom. The van der Waals surface area contributed by atoms with Crippen molar-refractivity contribution in [3.63, 3.8) is 0 Å². The van der Waals surface area contributed by atoms with Gasteiger partial charge in [0.2, 0.25) is 0 Å². The van der Waals surface area contributed by atoms with Gasteiger partial charge >= 0.3 is 0 Å². The predicted octanol–water partition coefficient (Wildman–Crippen LogP) is 5.86. The molecule has 28 heavy (non-hydrogen) atoms. The second-order valence-corrected chi connectivity index (χ2v) is 6.80. The third-order valence-corrected chi connectivity index (χ3v) is 4.90. The molecule has 5 heteroatoms. The van der Waals surface area contributed by atoms with Crippen molar-refractivity contribution < 1.29 is 14.2 Å². The molecule has 0 fully saturated rings. The molecule has 0 unspecified atom stereocenters. The fraction of sp³-hybridized carbons (Fsp3) is 0.217. The molecule has 0 aliphatic carbocycles. The minimum Gasteiger partial charge on any atom is -0.497 e. The third kappa shape index (κ3) is 4.90. The molecule has 3 aromatic carbocycles. The van der Waals surface area contributed by atoms with Crippen LogP contribution in [0.15, 0.2) is 60.7 Å². The molecule has 0 heterocycles. The molecule has 0 saturated heterocycles. The first-order valence-electron chi connectivity index (χ1n) is 9.02. The second-order valence-electron chi connectivity index (χ2n) is 6.39. The average molecular weight is 398 g/mol. The summed E-state index contributed by atoms with van der Waals surface area (Å²) in [4.78, 5) is 0. The molecule has 3 aromatic rings. The minimum absolute atomic E-state index is 0.461. The molecule has 3 rings (SSSR count). The Hall–Kier alpha value is -2.85. The second kappa shape index (κ2) is 9.38. The number of hydrogen-bond donors (Lipinski definition) is 1. The molecule has 1 N–H and O–H groups in total. The van der Waals surface area contributed by atoms with Crippen LogP contribution in [0, 0.1) is 6.92 Å². The van der Waals surface area contributed by atoms with Gasteiger partial charge in [-0.1, -0.05) is 35.9 Å². The molecular formula is C23H24ClNO3. The van der Waals surface area contributed by atoms with Crippen LogP contribution in [-0.2, 0) is 13.2 Å². The van der Waals surface area contributed by atoms with Gasteiger partial charge in [0, 0.05) is 23.3 Å². The topological polar surface area (TPSA) is 39.7 Å². The smallest absolute Gasteiger partial charge is 0.163 e. The first-order chi connectivity index (χ1) is 13.6. The summed E-state index contributed by atoms with van der Waals surface area (Å²) in [6.07, 6.45) is 0. The van der Waals surface area contributed by atoms with E-state index in [1.807, 2.05) is 48.5 Å². The van der Waals surface area contributed by atoms with Crippen LogP contribution in [0.4, 0.5) is 5.69 Å². The maximum atomic E-state index is 6.49. The van der Waals surface area contributed by atoms with Gasteiger partial charge in [-0.3, -0.25) is 0 Å². The van der Waals surface area contributed by atoms with Crippen molar-refractivity contribution in [1.82, 2.24) is 0 Å². The summed E-state index contributed by atoms with van der Waals surface area (Å²) < 4.78 is 16.7. The molecule has 146 valence electrons. The van der Waals surface area contributed by atoms with Crippen LogP contribution in [0.25, 0.3) is 0 Å². The highest BCUT2D eigenvalue weighted by atomic mass is 35.5. The van der Waals surface area contributed by atoms with Crippen LogP contribution < -0.4 is 19.5 Å². The first-order valence-corrected chi connectivity index (χ1v) is 9.40. The summed E-state index contributed by atoms with van der Waals surface area (Å²) in [5.74, 6) is 2.11. The number of ether oxygens (including phenoxy) is 3. The lowest BCUT2D eigenvalue weighted by Gasteiger charge is -2.15. The van der Waals surface area contributed by atoms with Crippen LogP contribution in [0.3, 0.4) is 0 Å². The molecule has 0 saturated carbocycles. The fourth-order valence-electron chi connectivity index (χ4n) is 2.82. The van der Waals surface area contributed by atoms with Crippen LogP contribution in [0.5, 0.6) is 17.2 Å². The van der Waals surface area contributed by atoms with Crippen molar-refractivity contribution in [2.75, 3.05) is 19.5 Å². The number of rotatable bonds is 8. The van der Waals surface area contributed by atoms with Gasteiger partial charge in [-0.15, -0.1) is 0 Å². The van der Waals surface area contributed by atoms with Crippen molar-refractivity contribution in [2.45, 2.75) is 20.1 Å². The molecule has 0 aliphatic heterocycles. The first kappa shape index (κ1) is 19.9. The molecule has 4 nitrogen and oxygen atoms in total. The Morgan fingerprint density at radius 3 is 2.29 bits per heavy atom. The highest BCUT2D eigenvalue weighted by Gasteiger charge is 2.11. The maximum absolute atomic E-state index is 6.49. The average Bonchev–Trinajstić information content (AvgIpc) is 2.72. The normalized spacial score (nSPS) is 10.4. The standard InChI is InChI=1S/C23H24ClNO3/c1-16-6-4-5-7-17(16)15-28-23-13-21(24)18(12-22(23)27-3)14-25-19-8-10-20(26-2)11-9-19/h4-13,25H,14-15H2,1-3H3. The van der Waals surface area contributed by atoms with E-state index >= 15 is 0 Å². The highest BCUT2D eigenvalue weighted by molar-refractivity contribution is 6.31. The third-order valence-electron chi connectivity index (χ3n) is 4.55. The molecule has 0 aliphatic rings. The van der Waals surface area contributed by atoms with Gasteiger partial charge in [-0.2, -0.15) is 0 Å². The molecule has 0 amide bonds. The van der Waals surface area contributed by atoms with Gasteiger partial charge in [-0.25, -0.2) is 0 Å².